The first-order valence-electron chi connectivity index (χ1n) is 12.8. The van der Waals surface area contributed by atoms with Crippen molar-refractivity contribution in [3.05, 3.63) is 135 Å². The summed E-state index contributed by atoms with van der Waals surface area (Å²) in [5.74, 6) is -0.0478. The van der Waals surface area contributed by atoms with E-state index in [0.717, 1.165) is 47.1 Å². The number of aromatic nitrogens is 3. The van der Waals surface area contributed by atoms with Crippen LogP contribution in [0.25, 0.3) is 11.2 Å². The smallest absolute Gasteiger partial charge is 0.332 e. The predicted octanol–water partition coefficient (Wildman–Crippen LogP) is 5.42. The summed E-state index contributed by atoms with van der Waals surface area (Å²) in [6, 6.07) is 32.0. The Morgan fingerprint density at radius 3 is 1.82 bits per heavy atom. The second-order valence-electron chi connectivity index (χ2n) is 9.60. The molecule has 1 fully saturated rings. The fraction of sp³-hybridized carbons (Fsp3) is 0.194. The molecule has 5 aromatic rings. The quantitative estimate of drug-likeness (QED) is 0.258. The van der Waals surface area contributed by atoms with Crippen molar-refractivity contribution in [2.75, 3.05) is 13.1 Å². The molecule has 1 amide bonds. The zero-order valence-electron chi connectivity index (χ0n) is 20.8. The Labute approximate surface area is 229 Å². The van der Waals surface area contributed by atoms with E-state index >= 15 is 0 Å². The number of pyridine rings is 1. The fourth-order valence-electron chi connectivity index (χ4n) is 5.69. The van der Waals surface area contributed by atoms with Crippen LogP contribution >= 0.6 is 15.9 Å². The maximum absolute atomic E-state index is 14.6. The van der Waals surface area contributed by atoms with Gasteiger partial charge in [0.1, 0.15) is 12.1 Å². The average molecular weight is 567 g/mol. The number of hydrogen-bond donors (Lipinski definition) is 0. The monoisotopic (exact) mass is 566 g/mol. The van der Waals surface area contributed by atoms with E-state index in [1.165, 1.54) is 0 Å². The lowest BCUT2D eigenvalue weighted by molar-refractivity contribution is -0.130. The van der Waals surface area contributed by atoms with Crippen LogP contribution in [0.5, 0.6) is 0 Å². The first kappa shape index (κ1) is 24.4. The molecule has 38 heavy (non-hydrogen) atoms. The lowest BCUT2D eigenvalue weighted by Crippen LogP contribution is -2.45. The predicted molar refractivity (Wildman–Crippen MR) is 152 cm³/mol. The summed E-state index contributed by atoms with van der Waals surface area (Å²) in [6.45, 7) is 1.43. The van der Waals surface area contributed by atoms with Gasteiger partial charge in [-0.25, -0.2) is 9.78 Å². The van der Waals surface area contributed by atoms with Gasteiger partial charge in [0.05, 0.1) is 5.52 Å². The minimum Gasteiger partial charge on any atom is -0.341 e. The molecule has 1 saturated heterocycles. The number of carbonyl (C=O) groups excluding carboxylic acids is 1. The highest BCUT2D eigenvalue weighted by Crippen LogP contribution is 2.41. The molecule has 0 saturated carbocycles. The van der Waals surface area contributed by atoms with E-state index < -0.39 is 5.54 Å². The van der Waals surface area contributed by atoms with Gasteiger partial charge in [-0.05, 0) is 51.5 Å². The molecule has 7 heteroatoms. The summed E-state index contributed by atoms with van der Waals surface area (Å²) in [4.78, 5) is 34.5. The van der Waals surface area contributed by atoms with Crippen LogP contribution in [0, 0.1) is 0 Å². The highest BCUT2D eigenvalue weighted by atomic mass is 79.9. The molecule has 0 atom stereocenters. The second-order valence-corrected chi connectivity index (χ2v) is 10.5. The Bertz CT molecular complexity index is 1540. The molecular formula is C31H27BrN4O2. The van der Waals surface area contributed by atoms with Crippen LogP contribution in [0.15, 0.2) is 113 Å². The van der Waals surface area contributed by atoms with Gasteiger partial charge < -0.3 is 4.90 Å². The van der Waals surface area contributed by atoms with Crippen LogP contribution in [0.1, 0.15) is 29.5 Å². The minimum atomic E-state index is -1.03. The number of hydrogen-bond acceptors (Lipinski definition) is 3. The molecule has 0 spiro atoms. The maximum atomic E-state index is 14.6. The van der Waals surface area contributed by atoms with Crippen molar-refractivity contribution in [2.45, 2.75) is 24.9 Å². The molecule has 0 radical (unpaired) electrons. The third-order valence-corrected chi connectivity index (χ3v) is 7.83. The van der Waals surface area contributed by atoms with E-state index in [1.54, 1.807) is 15.3 Å². The van der Waals surface area contributed by atoms with Crippen LogP contribution < -0.4 is 5.69 Å². The van der Waals surface area contributed by atoms with Gasteiger partial charge in [-0.1, -0.05) is 91.0 Å². The van der Waals surface area contributed by atoms with Crippen molar-refractivity contribution >= 4 is 33.0 Å². The minimum absolute atomic E-state index is 0.0328. The number of nitrogens with zero attached hydrogens (tertiary/aromatic N) is 4. The first-order chi connectivity index (χ1) is 18.6. The molecule has 3 heterocycles. The van der Waals surface area contributed by atoms with Crippen molar-refractivity contribution in [2.24, 2.45) is 0 Å². The largest absolute Gasteiger partial charge is 0.341 e. The van der Waals surface area contributed by atoms with E-state index in [0.29, 0.717) is 11.2 Å². The van der Waals surface area contributed by atoms with E-state index in [2.05, 4.69) is 15.9 Å². The van der Waals surface area contributed by atoms with Gasteiger partial charge >= 0.3 is 5.69 Å². The Morgan fingerprint density at radius 2 is 1.32 bits per heavy atom. The fourth-order valence-corrected chi connectivity index (χ4v) is 6.01. The van der Waals surface area contributed by atoms with Gasteiger partial charge in [0.2, 0.25) is 5.91 Å². The van der Waals surface area contributed by atoms with E-state index in [-0.39, 0.29) is 18.1 Å². The lowest BCUT2D eigenvalue weighted by atomic mass is 9.76. The molecule has 6 rings (SSSR count). The molecule has 190 valence electrons. The van der Waals surface area contributed by atoms with Crippen molar-refractivity contribution in [3.8, 4) is 0 Å². The van der Waals surface area contributed by atoms with Crippen molar-refractivity contribution in [1.82, 2.24) is 19.0 Å². The highest BCUT2D eigenvalue weighted by molar-refractivity contribution is 9.10. The van der Waals surface area contributed by atoms with Gasteiger partial charge in [0.25, 0.3) is 0 Å². The average Bonchev–Trinajstić information content (AvgIpc) is 3.59. The number of rotatable bonds is 6. The van der Waals surface area contributed by atoms with Gasteiger partial charge in [-0.15, -0.1) is 0 Å². The molecule has 0 N–H and O–H groups in total. The number of carbonyl (C=O) groups is 1. The molecular weight excluding hydrogens is 540 g/mol. The number of likely N-dealkylation sites (tertiary alicyclic amines) is 1. The topological polar surface area (TPSA) is 60.1 Å². The summed E-state index contributed by atoms with van der Waals surface area (Å²) >= 11 is 3.54. The summed E-state index contributed by atoms with van der Waals surface area (Å²) in [7, 11) is 0. The number of fused-ring (bicyclic) bond motifs is 1. The summed E-state index contributed by atoms with van der Waals surface area (Å²) in [5.41, 5.74) is 2.60. The Balaban J connectivity index is 1.72. The van der Waals surface area contributed by atoms with Crippen LogP contribution in [-0.2, 0) is 16.9 Å². The zero-order valence-corrected chi connectivity index (χ0v) is 22.4. The molecule has 0 unspecified atom stereocenters. The van der Waals surface area contributed by atoms with Crippen LogP contribution in [-0.4, -0.2) is 38.0 Å². The third-order valence-electron chi connectivity index (χ3n) is 7.40. The first-order valence-corrected chi connectivity index (χ1v) is 13.6. The Kier molecular flexibility index (Phi) is 6.45. The SMILES string of the molecule is O=C(Cn1c(=O)n(C(c2ccccc2)(c2ccccc2)c2ccccc2)c2ncc(Br)cc21)N1CCCC1. The van der Waals surface area contributed by atoms with Gasteiger partial charge in [-0.2, -0.15) is 0 Å². The number of imidazole rings is 1. The second kappa shape index (κ2) is 10.1. The number of benzene rings is 3. The molecule has 1 aliphatic heterocycles. The van der Waals surface area contributed by atoms with Crippen LogP contribution in [0.4, 0.5) is 0 Å². The molecule has 3 aromatic carbocycles. The number of amides is 1. The van der Waals surface area contributed by atoms with Crippen molar-refractivity contribution < 1.29 is 4.79 Å². The van der Waals surface area contributed by atoms with Crippen LogP contribution in [0.3, 0.4) is 0 Å². The Morgan fingerprint density at radius 1 is 0.816 bits per heavy atom. The lowest BCUT2D eigenvalue weighted by Gasteiger charge is -2.37. The van der Waals surface area contributed by atoms with Crippen molar-refractivity contribution in [1.29, 1.82) is 0 Å². The summed E-state index contributed by atoms with van der Waals surface area (Å²) in [6.07, 6.45) is 3.69. The van der Waals surface area contributed by atoms with E-state index in [9.17, 15) is 9.59 Å². The molecule has 1 aliphatic rings. The summed E-state index contributed by atoms with van der Waals surface area (Å²) in [5, 5.41) is 0. The van der Waals surface area contributed by atoms with Gasteiger partial charge in [0.15, 0.2) is 5.65 Å². The maximum Gasteiger partial charge on any atom is 0.332 e. The molecule has 6 nitrogen and oxygen atoms in total. The van der Waals surface area contributed by atoms with E-state index in [4.69, 9.17) is 4.98 Å². The normalized spacial score (nSPS) is 13.8. The third kappa shape index (κ3) is 3.98. The van der Waals surface area contributed by atoms with Crippen molar-refractivity contribution in [3.63, 3.8) is 0 Å². The van der Waals surface area contributed by atoms with Crippen LogP contribution in [0.2, 0.25) is 0 Å². The standard InChI is InChI=1S/C31H27BrN4O2/c32-26-20-27-29(33-21-26)36(30(38)35(27)22-28(37)34-18-10-11-19-34)31(23-12-4-1-5-13-23,24-14-6-2-7-15-24)25-16-8-3-9-17-25/h1-9,12-17,20-21H,10-11,18-19,22H2. The molecule has 0 aliphatic carbocycles. The van der Waals surface area contributed by atoms with E-state index in [1.807, 2.05) is 102 Å². The highest BCUT2D eigenvalue weighted by Gasteiger charge is 2.42. The van der Waals surface area contributed by atoms with Gasteiger partial charge in [0, 0.05) is 23.8 Å². The molecule has 0 bridgehead atoms. The Hall–Kier alpha value is -3.97. The number of halogens is 1. The zero-order chi connectivity index (χ0) is 26.1. The van der Waals surface area contributed by atoms with Gasteiger partial charge in [-0.3, -0.25) is 13.9 Å². The molecule has 2 aromatic heterocycles. The summed E-state index contributed by atoms with van der Waals surface area (Å²) < 4.78 is 4.10.